The quantitative estimate of drug-likeness (QED) is 0.762. The number of halogens is 1. The SMILES string of the molecule is CN(C)S(=O)(=O)n1cc(Br)cn1. The molecule has 0 N–H and O–H groups in total. The van der Waals surface area contributed by atoms with E-state index >= 15 is 0 Å². The Labute approximate surface area is 79.3 Å². The summed E-state index contributed by atoms with van der Waals surface area (Å²) in [6, 6.07) is 0. The van der Waals surface area contributed by atoms with Gasteiger partial charge in [-0.05, 0) is 15.9 Å². The molecule has 0 aromatic carbocycles. The summed E-state index contributed by atoms with van der Waals surface area (Å²) < 4.78 is 25.3. The summed E-state index contributed by atoms with van der Waals surface area (Å²) in [7, 11) is -0.549. The van der Waals surface area contributed by atoms with E-state index in [9.17, 15) is 8.42 Å². The van der Waals surface area contributed by atoms with Crippen molar-refractivity contribution in [2.24, 2.45) is 0 Å². The van der Waals surface area contributed by atoms with Crippen LogP contribution in [0.5, 0.6) is 0 Å². The molecule has 0 amide bonds. The first-order valence-corrected chi connectivity index (χ1v) is 5.27. The van der Waals surface area contributed by atoms with E-state index in [0.717, 1.165) is 8.39 Å². The Hall–Kier alpha value is -0.400. The fraction of sp³-hybridized carbons (Fsp3) is 0.400. The molecular formula is C5H8BrN3O2S. The molecule has 0 bridgehead atoms. The van der Waals surface area contributed by atoms with E-state index in [2.05, 4.69) is 21.0 Å². The number of hydrogen-bond acceptors (Lipinski definition) is 3. The maximum Gasteiger partial charge on any atom is 0.322 e. The van der Waals surface area contributed by atoms with E-state index in [1.165, 1.54) is 26.5 Å². The molecular weight excluding hydrogens is 246 g/mol. The molecule has 1 aromatic rings. The second-order valence-electron chi connectivity index (χ2n) is 2.32. The smallest absolute Gasteiger partial charge is 0.189 e. The van der Waals surface area contributed by atoms with Crippen LogP contribution in [0.3, 0.4) is 0 Å². The average molecular weight is 254 g/mol. The summed E-state index contributed by atoms with van der Waals surface area (Å²) in [5, 5.41) is 3.65. The molecule has 1 rings (SSSR count). The van der Waals surface area contributed by atoms with Crippen LogP contribution in [0.2, 0.25) is 0 Å². The van der Waals surface area contributed by atoms with Crippen molar-refractivity contribution in [3.05, 3.63) is 16.9 Å². The fourth-order valence-electron chi connectivity index (χ4n) is 0.578. The Bertz CT molecular complexity index is 370. The first kappa shape index (κ1) is 9.69. The zero-order chi connectivity index (χ0) is 9.35. The van der Waals surface area contributed by atoms with Gasteiger partial charge in [0.05, 0.1) is 16.9 Å². The van der Waals surface area contributed by atoms with Crippen LogP contribution in [-0.4, -0.2) is 36.0 Å². The Morgan fingerprint density at radius 1 is 1.58 bits per heavy atom. The molecule has 0 radical (unpaired) electrons. The minimum Gasteiger partial charge on any atom is -0.189 e. The second-order valence-corrected chi connectivity index (χ2v) is 5.24. The minimum atomic E-state index is -3.45. The predicted octanol–water partition coefficient (Wildman–Crippen LogP) is 0.300. The van der Waals surface area contributed by atoms with Gasteiger partial charge < -0.3 is 0 Å². The topological polar surface area (TPSA) is 55.2 Å². The van der Waals surface area contributed by atoms with Gasteiger partial charge >= 0.3 is 10.2 Å². The standard InChI is InChI=1S/C5H8BrN3O2S/c1-8(2)12(10,11)9-4-5(6)3-7-9/h3-4H,1-2H3. The van der Waals surface area contributed by atoms with Gasteiger partial charge in [0.15, 0.2) is 0 Å². The minimum absolute atomic E-state index is 0.632. The molecule has 5 nitrogen and oxygen atoms in total. The van der Waals surface area contributed by atoms with Crippen molar-refractivity contribution in [2.45, 2.75) is 0 Å². The van der Waals surface area contributed by atoms with Crippen molar-refractivity contribution in [1.82, 2.24) is 13.5 Å². The van der Waals surface area contributed by atoms with E-state index in [1.54, 1.807) is 0 Å². The molecule has 1 aromatic heterocycles. The Balaban J connectivity index is 3.15. The molecule has 0 aliphatic rings. The van der Waals surface area contributed by atoms with Crippen molar-refractivity contribution in [3.8, 4) is 0 Å². The van der Waals surface area contributed by atoms with Crippen molar-refractivity contribution in [2.75, 3.05) is 14.1 Å². The number of rotatable bonds is 2. The zero-order valence-corrected chi connectivity index (χ0v) is 9.00. The molecule has 0 unspecified atom stereocenters. The van der Waals surface area contributed by atoms with E-state index < -0.39 is 10.2 Å². The van der Waals surface area contributed by atoms with Crippen LogP contribution in [-0.2, 0) is 10.2 Å². The lowest BCUT2D eigenvalue weighted by Gasteiger charge is -2.09. The van der Waals surface area contributed by atoms with Crippen LogP contribution in [0, 0.1) is 0 Å². The van der Waals surface area contributed by atoms with E-state index in [0.29, 0.717) is 4.47 Å². The second kappa shape index (κ2) is 3.15. The summed E-state index contributed by atoms with van der Waals surface area (Å²) >= 11 is 3.11. The first-order valence-electron chi connectivity index (χ1n) is 3.08. The van der Waals surface area contributed by atoms with Crippen LogP contribution in [0.4, 0.5) is 0 Å². The van der Waals surface area contributed by atoms with E-state index in [4.69, 9.17) is 0 Å². The maximum absolute atomic E-state index is 11.4. The van der Waals surface area contributed by atoms with Crippen molar-refractivity contribution < 1.29 is 8.42 Å². The van der Waals surface area contributed by atoms with Crippen molar-refractivity contribution in [3.63, 3.8) is 0 Å². The predicted molar refractivity (Wildman–Crippen MR) is 47.9 cm³/mol. The van der Waals surface area contributed by atoms with Gasteiger partial charge in [-0.3, -0.25) is 0 Å². The van der Waals surface area contributed by atoms with Crippen LogP contribution in [0.15, 0.2) is 16.9 Å². The van der Waals surface area contributed by atoms with Gasteiger partial charge in [0.25, 0.3) is 0 Å². The highest BCUT2D eigenvalue weighted by Gasteiger charge is 2.16. The first-order chi connectivity index (χ1) is 5.44. The Morgan fingerprint density at radius 2 is 2.17 bits per heavy atom. The largest absolute Gasteiger partial charge is 0.322 e. The monoisotopic (exact) mass is 253 g/mol. The lowest BCUT2D eigenvalue weighted by atomic mass is 10.8. The highest BCUT2D eigenvalue weighted by molar-refractivity contribution is 9.10. The van der Waals surface area contributed by atoms with Gasteiger partial charge in [0.1, 0.15) is 0 Å². The highest BCUT2D eigenvalue weighted by Crippen LogP contribution is 2.09. The summed E-state index contributed by atoms with van der Waals surface area (Å²) in [6.45, 7) is 0. The van der Waals surface area contributed by atoms with Crippen LogP contribution >= 0.6 is 15.9 Å². The molecule has 0 fully saturated rings. The third-order valence-electron chi connectivity index (χ3n) is 1.23. The molecule has 12 heavy (non-hydrogen) atoms. The zero-order valence-electron chi connectivity index (χ0n) is 6.60. The summed E-state index contributed by atoms with van der Waals surface area (Å²) in [5.74, 6) is 0. The van der Waals surface area contributed by atoms with Gasteiger partial charge in [0, 0.05) is 14.1 Å². The highest BCUT2D eigenvalue weighted by atomic mass is 79.9. The third kappa shape index (κ3) is 1.67. The lowest BCUT2D eigenvalue weighted by Crippen LogP contribution is -2.29. The summed E-state index contributed by atoms with van der Waals surface area (Å²) in [6.07, 6.45) is 2.80. The molecule has 0 spiro atoms. The molecule has 0 aliphatic carbocycles. The van der Waals surface area contributed by atoms with Crippen molar-refractivity contribution in [1.29, 1.82) is 0 Å². The molecule has 7 heteroatoms. The van der Waals surface area contributed by atoms with Gasteiger partial charge in [-0.2, -0.15) is 21.9 Å². The molecule has 0 saturated heterocycles. The van der Waals surface area contributed by atoms with Crippen LogP contribution < -0.4 is 0 Å². The summed E-state index contributed by atoms with van der Waals surface area (Å²) in [4.78, 5) is 0. The maximum atomic E-state index is 11.4. The number of nitrogens with zero attached hydrogens (tertiary/aromatic N) is 3. The fourth-order valence-corrected chi connectivity index (χ4v) is 1.75. The lowest BCUT2D eigenvalue weighted by molar-refractivity contribution is 0.504. The van der Waals surface area contributed by atoms with E-state index in [-0.39, 0.29) is 0 Å². The summed E-state index contributed by atoms with van der Waals surface area (Å²) in [5.41, 5.74) is 0. The molecule has 0 saturated carbocycles. The third-order valence-corrected chi connectivity index (χ3v) is 3.23. The normalized spacial score (nSPS) is 12.3. The molecule has 0 aliphatic heterocycles. The molecule has 1 heterocycles. The number of hydrogen-bond donors (Lipinski definition) is 0. The van der Waals surface area contributed by atoms with Gasteiger partial charge in [0.2, 0.25) is 0 Å². The Kier molecular flexibility index (Phi) is 2.55. The molecule has 0 atom stereocenters. The molecule has 68 valence electrons. The van der Waals surface area contributed by atoms with E-state index in [1.807, 2.05) is 0 Å². The van der Waals surface area contributed by atoms with Crippen LogP contribution in [0.1, 0.15) is 0 Å². The average Bonchev–Trinajstić information content (AvgIpc) is 2.35. The van der Waals surface area contributed by atoms with Crippen molar-refractivity contribution >= 4 is 26.1 Å². The van der Waals surface area contributed by atoms with Gasteiger partial charge in [-0.25, -0.2) is 0 Å². The van der Waals surface area contributed by atoms with Gasteiger partial charge in [-0.1, -0.05) is 0 Å². The van der Waals surface area contributed by atoms with Crippen LogP contribution in [0.25, 0.3) is 0 Å². The number of aromatic nitrogens is 2. The van der Waals surface area contributed by atoms with Gasteiger partial charge in [-0.15, -0.1) is 0 Å². The Morgan fingerprint density at radius 3 is 2.50 bits per heavy atom.